The van der Waals surface area contributed by atoms with E-state index in [0.717, 1.165) is 29.9 Å². The molecule has 4 heterocycles. The van der Waals surface area contributed by atoms with Gasteiger partial charge >= 0.3 is 0 Å². The van der Waals surface area contributed by atoms with Crippen LogP contribution in [0.15, 0.2) is 48.5 Å². The fourth-order valence-corrected chi connectivity index (χ4v) is 6.37. The number of benzene rings is 2. The van der Waals surface area contributed by atoms with E-state index < -0.39 is 0 Å². The van der Waals surface area contributed by atoms with Gasteiger partial charge in [-0.1, -0.05) is 30.3 Å². The molecule has 0 spiro atoms. The van der Waals surface area contributed by atoms with E-state index in [4.69, 9.17) is 4.74 Å². The summed E-state index contributed by atoms with van der Waals surface area (Å²) in [4.78, 5) is 5.43. The number of rotatable bonds is 5. The average molecular weight is 375 g/mol. The molecule has 0 saturated carbocycles. The van der Waals surface area contributed by atoms with Crippen LogP contribution in [-0.4, -0.2) is 24.2 Å². The Hall–Kier alpha value is -2.16. The van der Waals surface area contributed by atoms with Crippen molar-refractivity contribution in [2.45, 2.75) is 82.1 Å². The number of fused-ring (bicyclic) bond motifs is 4. The van der Waals surface area contributed by atoms with Gasteiger partial charge in [0, 0.05) is 29.9 Å². The van der Waals surface area contributed by atoms with Gasteiger partial charge in [-0.3, -0.25) is 0 Å². The summed E-state index contributed by atoms with van der Waals surface area (Å²) in [6.45, 7) is 0.644. The van der Waals surface area contributed by atoms with Crippen LogP contribution in [0.4, 0.5) is 11.4 Å². The van der Waals surface area contributed by atoms with E-state index in [9.17, 15) is 0 Å². The lowest BCUT2D eigenvalue weighted by Crippen LogP contribution is -2.30. The van der Waals surface area contributed by atoms with Gasteiger partial charge in [-0.25, -0.2) is 0 Å². The molecule has 4 fully saturated rings. The van der Waals surface area contributed by atoms with Crippen LogP contribution in [0, 0.1) is 0 Å². The predicted molar refractivity (Wildman–Crippen MR) is 114 cm³/mol. The van der Waals surface area contributed by atoms with Gasteiger partial charge < -0.3 is 14.5 Å². The van der Waals surface area contributed by atoms with Crippen molar-refractivity contribution in [3.63, 3.8) is 0 Å². The molecule has 4 bridgehead atoms. The Morgan fingerprint density at radius 3 is 1.86 bits per heavy atom. The molecule has 4 saturated heterocycles. The molecular weight excluding hydrogens is 344 g/mol. The lowest BCUT2D eigenvalue weighted by molar-refractivity contribution is 0.306. The summed E-state index contributed by atoms with van der Waals surface area (Å²) in [5, 5.41) is 0. The highest BCUT2D eigenvalue weighted by molar-refractivity contribution is 5.70. The van der Waals surface area contributed by atoms with Crippen molar-refractivity contribution < 1.29 is 4.74 Å². The van der Waals surface area contributed by atoms with Crippen LogP contribution in [0.25, 0.3) is 0 Å². The second-order valence-electron chi connectivity index (χ2n) is 9.17. The Morgan fingerprint density at radius 1 is 0.679 bits per heavy atom. The molecule has 0 amide bonds. The summed E-state index contributed by atoms with van der Waals surface area (Å²) >= 11 is 0. The monoisotopic (exact) mass is 374 g/mol. The molecule has 28 heavy (non-hydrogen) atoms. The quantitative estimate of drug-likeness (QED) is 0.684. The summed E-state index contributed by atoms with van der Waals surface area (Å²) in [7, 11) is 0. The molecule has 2 aromatic rings. The summed E-state index contributed by atoms with van der Waals surface area (Å²) in [6, 6.07) is 20.5. The number of ether oxygens (including phenoxy) is 1. The van der Waals surface area contributed by atoms with Crippen LogP contribution >= 0.6 is 0 Å². The molecular formula is C25H30N2O. The fraction of sp³-hybridized carbons (Fsp3) is 0.520. The third-order valence-corrected chi connectivity index (χ3v) is 7.66. The second-order valence-corrected chi connectivity index (χ2v) is 9.17. The smallest absolute Gasteiger partial charge is 0.143 e. The first kappa shape index (κ1) is 16.8. The third-order valence-electron chi connectivity index (χ3n) is 7.66. The zero-order chi connectivity index (χ0) is 18.5. The van der Waals surface area contributed by atoms with Crippen molar-refractivity contribution in [1.29, 1.82) is 0 Å². The Bertz CT molecular complexity index is 811. The van der Waals surface area contributed by atoms with Crippen LogP contribution in [0.2, 0.25) is 0 Å². The molecule has 0 unspecified atom stereocenters. The number of hydrogen-bond donors (Lipinski definition) is 0. The Labute approximate surface area is 168 Å². The topological polar surface area (TPSA) is 15.7 Å². The summed E-state index contributed by atoms with van der Waals surface area (Å²) in [5.74, 6) is 1.07. The maximum Gasteiger partial charge on any atom is 0.143 e. The Kier molecular flexibility index (Phi) is 4.02. The van der Waals surface area contributed by atoms with Gasteiger partial charge in [0.15, 0.2) is 0 Å². The van der Waals surface area contributed by atoms with Crippen molar-refractivity contribution in [2.75, 3.05) is 9.80 Å². The van der Waals surface area contributed by atoms with Crippen LogP contribution in [0.3, 0.4) is 0 Å². The minimum absolute atomic E-state index is 0.644. The minimum atomic E-state index is 0.644. The van der Waals surface area contributed by atoms with Gasteiger partial charge in [-0.2, -0.15) is 0 Å². The lowest BCUT2D eigenvalue weighted by atomic mass is 10.0. The van der Waals surface area contributed by atoms with Crippen LogP contribution in [-0.2, 0) is 6.61 Å². The number of hydrogen-bond acceptors (Lipinski definition) is 3. The standard InChI is InChI=1S/C25H30N2O/c1-2-4-18(5-3-1)17-28-25-15-14-23(26-19-6-7-20(26)9-8-19)16-24(25)27-21-10-11-22(27)13-12-21/h1-5,14-16,19-22H,6-13,17H2. The van der Waals surface area contributed by atoms with E-state index in [2.05, 4.69) is 58.3 Å². The van der Waals surface area contributed by atoms with E-state index in [0.29, 0.717) is 6.61 Å². The van der Waals surface area contributed by atoms with Gasteiger partial charge in [0.25, 0.3) is 0 Å². The number of anilines is 2. The largest absolute Gasteiger partial charge is 0.487 e. The molecule has 0 N–H and O–H groups in total. The third kappa shape index (κ3) is 2.70. The highest BCUT2D eigenvalue weighted by Gasteiger charge is 2.42. The summed E-state index contributed by atoms with van der Waals surface area (Å²) < 4.78 is 6.39. The summed E-state index contributed by atoms with van der Waals surface area (Å²) in [6.07, 6.45) is 10.9. The van der Waals surface area contributed by atoms with Crippen molar-refractivity contribution in [3.05, 3.63) is 54.1 Å². The highest BCUT2D eigenvalue weighted by Crippen LogP contribution is 2.48. The van der Waals surface area contributed by atoms with Gasteiger partial charge in [0.1, 0.15) is 12.4 Å². The van der Waals surface area contributed by atoms with Crippen molar-refractivity contribution in [2.24, 2.45) is 0 Å². The molecule has 3 nitrogen and oxygen atoms in total. The zero-order valence-electron chi connectivity index (χ0n) is 16.6. The molecule has 0 aromatic heterocycles. The second kappa shape index (κ2) is 6.72. The average Bonchev–Trinajstić information content (AvgIpc) is 3.53. The molecule has 0 aliphatic carbocycles. The van der Waals surface area contributed by atoms with Crippen LogP contribution in [0.1, 0.15) is 56.9 Å². The van der Waals surface area contributed by atoms with Crippen LogP contribution in [0.5, 0.6) is 5.75 Å². The molecule has 3 heteroatoms. The molecule has 4 aliphatic heterocycles. The molecule has 2 aromatic carbocycles. The molecule has 146 valence electrons. The SMILES string of the molecule is c1ccc(COc2ccc(N3C4CCC3CC4)cc2N2C3CCC2CC3)cc1. The van der Waals surface area contributed by atoms with Gasteiger partial charge in [-0.15, -0.1) is 0 Å². The first-order valence-electron chi connectivity index (χ1n) is 11.2. The number of nitrogens with zero attached hydrogens (tertiary/aromatic N) is 2. The normalized spacial score (nSPS) is 30.4. The molecule has 6 rings (SSSR count). The van der Waals surface area contributed by atoms with E-state index in [1.165, 1.54) is 68.3 Å². The minimum Gasteiger partial charge on any atom is -0.487 e. The van der Waals surface area contributed by atoms with Crippen molar-refractivity contribution in [3.8, 4) is 5.75 Å². The van der Waals surface area contributed by atoms with Crippen molar-refractivity contribution in [1.82, 2.24) is 0 Å². The zero-order valence-corrected chi connectivity index (χ0v) is 16.6. The van der Waals surface area contributed by atoms with E-state index in [-0.39, 0.29) is 0 Å². The van der Waals surface area contributed by atoms with Gasteiger partial charge in [0.05, 0.1) is 5.69 Å². The first-order valence-corrected chi connectivity index (χ1v) is 11.2. The van der Waals surface area contributed by atoms with E-state index >= 15 is 0 Å². The Morgan fingerprint density at radius 2 is 1.25 bits per heavy atom. The molecule has 0 radical (unpaired) electrons. The highest BCUT2D eigenvalue weighted by atomic mass is 16.5. The van der Waals surface area contributed by atoms with Gasteiger partial charge in [-0.05, 0) is 75.1 Å². The van der Waals surface area contributed by atoms with Gasteiger partial charge in [0.2, 0.25) is 0 Å². The Balaban J connectivity index is 1.33. The van der Waals surface area contributed by atoms with Crippen LogP contribution < -0.4 is 14.5 Å². The maximum absolute atomic E-state index is 6.39. The van der Waals surface area contributed by atoms with E-state index in [1.807, 2.05) is 0 Å². The first-order chi connectivity index (χ1) is 13.9. The fourth-order valence-electron chi connectivity index (χ4n) is 6.37. The van der Waals surface area contributed by atoms with Crippen molar-refractivity contribution >= 4 is 11.4 Å². The van der Waals surface area contributed by atoms with E-state index in [1.54, 1.807) is 0 Å². The summed E-state index contributed by atoms with van der Waals surface area (Å²) in [5.41, 5.74) is 4.02. The maximum atomic E-state index is 6.39. The molecule has 0 atom stereocenters. The predicted octanol–water partition coefficient (Wildman–Crippen LogP) is 5.53. The molecule has 4 aliphatic rings. The lowest BCUT2D eigenvalue weighted by Gasteiger charge is -2.30.